The summed E-state index contributed by atoms with van der Waals surface area (Å²) in [6, 6.07) is 3.24. The third-order valence-corrected chi connectivity index (χ3v) is 3.20. The number of nitro benzene ring substituents is 1. The minimum atomic E-state index is -2.20. The lowest BCUT2D eigenvalue weighted by Gasteiger charge is -2.08. The molecular weight excluding hydrogens is 286 g/mol. The van der Waals surface area contributed by atoms with Crippen molar-refractivity contribution in [2.45, 2.75) is 5.44 Å². The van der Waals surface area contributed by atoms with Crippen molar-refractivity contribution in [2.24, 2.45) is 0 Å². The molecule has 0 aliphatic carbocycles. The average Bonchev–Trinajstić information content (AvgIpc) is 2.35. The molecule has 0 radical (unpaired) electrons. The highest BCUT2D eigenvalue weighted by atomic mass is 35.7. The molecule has 0 aliphatic heterocycles. The van der Waals surface area contributed by atoms with Crippen molar-refractivity contribution < 1.29 is 23.8 Å². The Hall–Kier alpha value is -1.51. The number of nitrogens with zero attached hydrogens (tertiary/aromatic N) is 1. The van der Waals surface area contributed by atoms with E-state index in [2.05, 4.69) is 4.74 Å². The van der Waals surface area contributed by atoms with E-state index in [1.165, 1.54) is 6.07 Å². The number of carbonyl (C=O) groups is 1. The zero-order chi connectivity index (χ0) is 13.9. The SMILES string of the molecule is COC(=O)c1ccc(C(O)S(=O)Cl)c([N+](=O)[O-])c1. The lowest BCUT2D eigenvalue weighted by molar-refractivity contribution is -0.385. The van der Waals surface area contributed by atoms with Crippen LogP contribution in [-0.2, 0) is 14.7 Å². The van der Waals surface area contributed by atoms with Gasteiger partial charge in [0.25, 0.3) is 5.69 Å². The molecule has 9 heteroatoms. The molecule has 0 saturated carbocycles. The zero-order valence-corrected chi connectivity index (χ0v) is 10.6. The zero-order valence-electron chi connectivity index (χ0n) is 9.03. The van der Waals surface area contributed by atoms with Gasteiger partial charge in [-0.1, -0.05) is 0 Å². The highest BCUT2D eigenvalue weighted by Crippen LogP contribution is 2.29. The van der Waals surface area contributed by atoms with Crippen LogP contribution in [0.1, 0.15) is 21.4 Å². The van der Waals surface area contributed by atoms with Crippen LogP contribution in [0, 0.1) is 10.1 Å². The molecular formula is C9H8ClNO6S. The van der Waals surface area contributed by atoms with E-state index in [9.17, 15) is 24.2 Å². The maximum absolute atomic E-state index is 11.2. The van der Waals surface area contributed by atoms with Crippen LogP contribution in [0.25, 0.3) is 0 Å². The van der Waals surface area contributed by atoms with Crippen molar-refractivity contribution in [1.29, 1.82) is 0 Å². The molecule has 0 aromatic heterocycles. The minimum absolute atomic E-state index is 0.0551. The number of hydrogen-bond donors (Lipinski definition) is 1. The number of halogens is 1. The van der Waals surface area contributed by atoms with Crippen molar-refractivity contribution in [3.63, 3.8) is 0 Å². The number of aliphatic hydroxyl groups is 1. The summed E-state index contributed by atoms with van der Waals surface area (Å²) in [7, 11) is 4.11. The summed E-state index contributed by atoms with van der Waals surface area (Å²) in [4.78, 5) is 21.2. The molecule has 0 spiro atoms. The molecule has 0 amide bonds. The quantitative estimate of drug-likeness (QED) is 0.388. The van der Waals surface area contributed by atoms with Crippen LogP contribution in [-0.4, -0.2) is 27.3 Å². The van der Waals surface area contributed by atoms with Crippen molar-refractivity contribution >= 4 is 32.4 Å². The van der Waals surface area contributed by atoms with Gasteiger partial charge in [0.05, 0.1) is 23.2 Å². The molecule has 1 aromatic carbocycles. The third kappa shape index (κ3) is 3.03. The Morgan fingerprint density at radius 2 is 2.22 bits per heavy atom. The van der Waals surface area contributed by atoms with Crippen molar-refractivity contribution in [3.8, 4) is 0 Å². The first-order valence-corrected chi connectivity index (χ1v) is 6.54. The smallest absolute Gasteiger partial charge is 0.338 e. The average molecular weight is 294 g/mol. The summed E-state index contributed by atoms with van der Waals surface area (Å²) in [6.07, 6.45) is 0. The second-order valence-electron chi connectivity index (χ2n) is 3.12. The summed E-state index contributed by atoms with van der Waals surface area (Å²) in [5.41, 5.74) is -2.56. The first-order chi connectivity index (χ1) is 8.38. The molecule has 0 heterocycles. The summed E-state index contributed by atoms with van der Waals surface area (Å²) in [6.45, 7) is 0. The van der Waals surface area contributed by atoms with E-state index in [4.69, 9.17) is 10.7 Å². The molecule has 0 fully saturated rings. The summed E-state index contributed by atoms with van der Waals surface area (Å²) in [5.74, 6) is -0.758. The Morgan fingerprint density at radius 1 is 1.61 bits per heavy atom. The van der Waals surface area contributed by atoms with Crippen molar-refractivity contribution in [1.82, 2.24) is 0 Å². The second kappa shape index (κ2) is 5.89. The lowest BCUT2D eigenvalue weighted by Crippen LogP contribution is -2.07. The Balaban J connectivity index is 3.33. The second-order valence-corrected chi connectivity index (χ2v) is 4.98. The number of rotatable bonds is 4. The normalized spacial score (nSPS) is 13.7. The standard InChI is InChI=1S/C9H8ClNO6S/c1-17-8(12)5-2-3-6(9(13)18(10)16)7(4-5)11(14)15/h2-4,9,13H,1H3. The van der Waals surface area contributed by atoms with Crippen LogP contribution < -0.4 is 0 Å². The molecule has 0 bridgehead atoms. The number of esters is 1. The van der Waals surface area contributed by atoms with Gasteiger partial charge in [-0.15, -0.1) is 0 Å². The van der Waals surface area contributed by atoms with E-state index < -0.39 is 32.0 Å². The molecule has 98 valence electrons. The molecule has 1 aromatic rings. The van der Waals surface area contributed by atoms with Crippen LogP contribution in [0.15, 0.2) is 18.2 Å². The first kappa shape index (κ1) is 14.6. The Bertz CT molecular complexity index is 520. The van der Waals surface area contributed by atoms with Crippen molar-refractivity contribution in [3.05, 3.63) is 39.4 Å². The third-order valence-electron chi connectivity index (χ3n) is 2.09. The lowest BCUT2D eigenvalue weighted by atomic mass is 10.1. The fourth-order valence-corrected chi connectivity index (χ4v) is 1.94. The number of carbonyl (C=O) groups excluding carboxylic acids is 1. The number of nitro groups is 1. The largest absolute Gasteiger partial charge is 0.465 e. The highest BCUT2D eigenvalue weighted by Gasteiger charge is 2.25. The Morgan fingerprint density at radius 3 is 2.67 bits per heavy atom. The Kier molecular flexibility index (Phi) is 4.76. The predicted octanol–water partition coefficient (Wildman–Crippen LogP) is 1.27. The van der Waals surface area contributed by atoms with Gasteiger partial charge in [0.2, 0.25) is 0 Å². The summed E-state index contributed by atoms with van der Waals surface area (Å²) in [5, 5.41) is 20.3. The topological polar surface area (TPSA) is 107 Å². The van der Waals surface area contributed by atoms with E-state index >= 15 is 0 Å². The predicted molar refractivity (Wildman–Crippen MR) is 63.4 cm³/mol. The van der Waals surface area contributed by atoms with E-state index in [1.807, 2.05) is 0 Å². The number of benzene rings is 1. The van der Waals surface area contributed by atoms with Gasteiger partial charge in [-0.2, -0.15) is 0 Å². The molecule has 2 atom stereocenters. The van der Waals surface area contributed by atoms with Gasteiger partial charge in [-0.3, -0.25) is 10.1 Å². The van der Waals surface area contributed by atoms with Gasteiger partial charge < -0.3 is 9.84 Å². The molecule has 0 saturated heterocycles. The minimum Gasteiger partial charge on any atom is -0.465 e. The van der Waals surface area contributed by atoms with Crippen LogP contribution in [0.3, 0.4) is 0 Å². The molecule has 1 rings (SSSR count). The maximum atomic E-state index is 11.2. The van der Waals surface area contributed by atoms with Crippen LogP contribution in [0.2, 0.25) is 0 Å². The number of ether oxygens (including phenoxy) is 1. The van der Waals surface area contributed by atoms with E-state index in [1.54, 1.807) is 0 Å². The van der Waals surface area contributed by atoms with E-state index in [0.717, 1.165) is 19.2 Å². The van der Waals surface area contributed by atoms with Gasteiger partial charge in [0, 0.05) is 6.07 Å². The monoisotopic (exact) mass is 293 g/mol. The number of aliphatic hydroxyl groups excluding tert-OH is 1. The summed E-state index contributed by atoms with van der Waals surface area (Å²) >= 11 is 0. The van der Waals surface area contributed by atoms with Crippen LogP contribution >= 0.6 is 10.7 Å². The van der Waals surface area contributed by atoms with Crippen LogP contribution in [0.4, 0.5) is 5.69 Å². The fourth-order valence-electron chi connectivity index (χ4n) is 1.26. The van der Waals surface area contributed by atoms with Gasteiger partial charge in [0.15, 0.2) is 5.44 Å². The molecule has 0 aliphatic rings. The molecule has 2 unspecified atom stereocenters. The van der Waals surface area contributed by atoms with Gasteiger partial charge in [-0.05, 0) is 22.8 Å². The van der Waals surface area contributed by atoms with Gasteiger partial charge >= 0.3 is 5.97 Å². The molecule has 7 nitrogen and oxygen atoms in total. The Labute approximate surface area is 108 Å². The number of methoxy groups -OCH3 is 1. The highest BCUT2D eigenvalue weighted by molar-refractivity contribution is 8.08. The van der Waals surface area contributed by atoms with E-state index in [-0.39, 0.29) is 11.1 Å². The van der Waals surface area contributed by atoms with Crippen molar-refractivity contribution in [2.75, 3.05) is 7.11 Å². The van der Waals surface area contributed by atoms with E-state index in [0.29, 0.717) is 0 Å². The van der Waals surface area contributed by atoms with Gasteiger partial charge in [0.1, 0.15) is 10.0 Å². The maximum Gasteiger partial charge on any atom is 0.338 e. The first-order valence-electron chi connectivity index (χ1n) is 4.50. The number of hydrogen-bond acceptors (Lipinski definition) is 6. The molecule has 1 N–H and O–H groups in total. The van der Waals surface area contributed by atoms with Gasteiger partial charge in [-0.25, -0.2) is 9.00 Å². The van der Waals surface area contributed by atoms with Crippen LogP contribution in [0.5, 0.6) is 0 Å². The summed E-state index contributed by atoms with van der Waals surface area (Å²) < 4.78 is 15.3. The fraction of sp³-hybridized carbons (Fsp3) is 0.222. The molecule has 18 heavy (non-hydrogen) atoms.